The van der Waals surface area contributed by atoms with Crippen LogP contribution in [0.2, 0.25) is 0 Å². The highest BCUT2D eigenvalue weighted by molar-refractivity contribution is 6.25. The first-order valence-corrected chi connectivity index (χ1v) is 21.8. The van der Waals surface area contributed by atoms with Gasteiger partial charge in [0.05, 0.1) is 22.6 Å². The lowest BCUT2D eigenvalue weighted by Gasteiger charge is -2.17. The van der Waals surface area contributed by atoms with Crippen LogP contribution in [0.15, 0.2) is 237 Å². The Bertz CT molecular complexity index is 3590. The van der Waals surface area contributed by atoms with Gasteiger partial charge in [-0.05, 0) is 85.3 Å². The van der Waals surface area contributed by atoms with Gasteiger partial charge in [0, 0.05) is 38.4 Å². The van der Waals surface area contributed by atoms with E-state index in [0.29, 0.717) is 5.82 Å². The van der Waals surface area contributed by atoms with Crippen molar-refractivity contribution in [3.8, 4) is 78.5 Å². The number of hydrogen-bond donors (Lipinski definition) is 0. The molecule has 0 amide bonds. The monoisotopic (exact) mass is 813 g/mol. The zero-order chi connectivity index (χ0) is 42.4. The lowest BCUT2D eigenvalue weighted by atomic mass is 9.89. The molecule has 3 heteroatoms. The highest BCUT2D eigenvalue weighted by Gasteiger charge is 2.18. The van der Waals surface area contributed by atoms with E-state index in [1.165, 1.54) is 38.1 Å². The second-order valence-electron chi connectivity index (χ2n) is 16.4. The quantitative estimate of drug-likeness (QED) is 0.150. The van der Waals surface area contributed by atoms with Crippen molar-refractivity contribution in [3.63, 3.8) is 0 Å². The Balaban J connectivity index is 1.03. The van der Waals surface area contributed by atoms with Crippen molar-refractivity contribution in [2.45, 2.75) is 0 Å². The third kappa shape index (κ3) is 6.77. The molecule has 0 atom stereocenters. The number of fused-ring (bicyclic) bond motifs is 6. The van der Waals surface area contributed by atoms with Crippen molar-refractivity contribution in [3.05, 3.63) is 237 Å². The molecule has 0 N–H and O–H groups in total. The van der Waals surface area contributed by atoms with Gasteiger partial charge in [0.25, 0.3) is 0 Å². The fourth-order valence-electron chi connectivity index (χ4n) is 9.24. The summed E-state index contributed by atoms with van der Waals surface area (Å²) in [5.74, 6) is 0.679. The van der Waals surface area contributed by atoms with Crippen LogP contribution in [-0.2, 0) is 0 Å². The van der Waals surface area contributed by atoms with Gasteiger partial charge in [-0.1, -0.05) is 206 Å². The van der Waals surface area contributed by atoms with Gasteiger partial charge in [0.2, 0.25) is 0 Å². The molecular formula is C61H39N3. The summed E-state index contributed by atoms with van der Waals surface area (Å²) in [6, 6.07) is 84.1. The van der Waals surface area contributed by atoms with Crippen molar-refractivity contribution >= 4 is 43.2 Å². The van der Waals surface area contributed by atoms with Crippen LogP contribution in [-0.4, -0.2) is 15.0 Å². The maximum atomic E-state index is 5.39. The minimum atomic E-state index is 0.679. The van der Waals surface area contributed by atoms with Crippen LogP contribution >= 0.6 is 0 Å². The fraction of sp³-hybridized carbons (Fsp3) is 0. The first-order valence-electron chi connectivity index (χ1n) is 21.8. The predicted octanol–water partition coefficient (Wildman–Crippen LogP) is 16.2. The van der Waals surface area contributed by atoms with E-state index in [2.05, 4.69) is 224 Å². The van der Waals surface area contributed by atoms with Crippen molar-refractivity contribution in [2.24, 2.45) is 0 Å². The molecule has 0 spiro atoms. The van der Waals surface area contributed by atoms with Gasteiger partial charge < -0.3 is 0 Å². The summed E-state index contributed by atoms with van der Waals surface area (Å²) in [5, 5.41) is 8.28. The number of benzene rings is 10. The van der Waals surface area contributed by atoms with Gasteiger partial charge in [-0.3, -0.25) is 0 Å². The molecule has 0 aliphatic heterocycles. The van der Waals surface area contributed by atoms with Gasteiger partial charge in [0.1, 0.15) is 0 Å². The molecule has 298 valence electrons. The van der Waals surface area contributed by atoms with Crippen LogP contribution in [0.1, 0.15) is 0 Å². The second kappa shape index (κ2) is 15.7. The summed E-state index contributed by atoms with van der Waals surface area (Å²) >= 11 is 0. The Morgan fingerprint density at radius 2 is 0.766 bits per heavy atom. The van der Waals surface area contributed by atoms with Crippen LogP contribution < -0.4 is 0 Å². The number of nitrogens with zero attached hydrogens (tertiary/aromatic N) is 3. The lowest BCUT2D eigenvalue weighted by Crippen LogP contribution is -1.96. The summed E-state index contributed by atoms with van der Waals surface area (Å²) in [5.41, 5.74) is 14.7. The first-order chi connectivity index (χ1) is 31.7. The number of pyridine rings is 1. The van der Waals surface area contributed by atoms with Crippen LogP contribution in [0.25, 0.3) is 122 Å². The number of para-hydroxylation sites is 1. The Morgan fingerprint density at radius 1 is 0.250 bits per heavy atom. The fourth-order valence-corrected chi connectivity index (χ4v) is 9.24. The van der Waals surface area contributed by atoms with Crippen LogP contribution in [0.4, 0.5) is 0 Å². The SMILES string of the molecule is c1ccc(-c2ccc(-c3cc(-c4cccc(-c5cc6c(-c7ccc8ccccc8c7)nc7ccccc7c6c6ccccc56)c4)nc(-c4ccc(-c5ccccc5)cc4)n3)cc2)cc1. The number of aromatic nitrogens is 3. The molecule has 0 saturated heterocycles. The normalized spacial score (nSPS) is 11.4. The van der Waals surface area contributed by atoms with E-state index in [4.69, 9.17) is 15.0 Å². The average Bonchev–Trinajstić information content (AvgIpc) is 3.38. The van der Waals surface area contributed by atoms with E-state index in [9.17, 15) is 0 Å². The lowest BCUT2D eigenvalue weighted by molar-refractivity contribution is 1.18. The summed E-state index contributed by atoms with van der Waals surface area (Å²) in [6.07, 6.45) is 0. The first kappa shape index (κ1) is 37.2. The summed E-state index contributed by atoms with van der Waals surface area (Å²) < 4.78 is 0. The van der Waals surface area contributed by atoms with Crippen LogP contribution in [0, 0.1) is 0 Å². The molecule has 0 aliphatic rings. The molecule has 64 heavy (non-hydrogen) atoms. The second-order valence-corrected chi connectivity index (χ2v) is 16.4. The van der Waals surface area contributed by atoms with Gasteiger partial charge in [-0.15, -0.1) is 0 Å². The molecule has 0 bridgehead atoms. The van der Waals surface area contributed by atoms with Gasteiger partial charge in [0.15, 0.2) is 5.82 Å². The Kier molecular flexibility index (Phi) is 9.16. The number of hydrogen-bond acceptors (Lipinski definition) is 3. The Labute approximate surface area is 371 Å². The third-order valence-corrected chi connectivity index (χ3v) is 12.5. The maximum Gasteiger partial charge on any atom is 0.160 e. The molecule has 3 nitrogen and oxygen atoms in total. The van der Waals surface area contributed by atoms with Gasteiger partial charge in [-0.25, -0.2) is 15.0 Å². The summed E-state index contributed by atoms with van der Waals surface area (Å²) in [4.78, 5) is 15.9. The van der Waals surface area contributed by atoms with E-state index in [1.807, 2.05) is 12.1 Å². The highest BCUT2D eigenvalue weighted by atomic mass is 14.9. The highest BCUT2D eigenvalue weighted by Crippen LogP contribution is 2.43. The molecule has 2 aromatic heterocycles. The number of rotatable bonds is 7. The predicted molar refractivity (Wildman–Crippen MR) is 268 cm³/mol. The minimum Gasteiger partial charge on any atom is -0.247 e. The van der Waals surface area contributed by atoms with Gasteiger partial charge in [-0.2, -0.15) is 0 Å². The molecule has 0 radical (unpaired) electrons. The Hall–Kier alpha value is -8.53. The smallest absolute Gasteiger partial charge is 0.160 e. The van der Waals surface area contributed by atoms with E-state index >= 15 is 0 Å². The van der Waals surface area contributed by atoms with Crippen LogP contribution in [0.3, 0.4) is 0 Å². The van der Waals surface area contributed by atoms with E-state index in [1.54, 1.807) is 0 Å². The Morgan fingerprint density at radius 3 is 1.48 bits per heavy atom. The molecule has 0 fully saturated rings. The standard InChI is InChI=1S/C61H39N3/c1-3-14-40(15-4-1)43-26-31-45(32-27-43)57-39-58(64-61(63-57)46-33-28-44(29-34-46)41-16-5-2-6-17-41)49-21-13-20-48(37-49)54-38-55-59(52-23-10-9-22-51(52)54)53-24-11-12-25-56(53)62-60(55)50-35-30-42-18-7-8-19-47(42)36-50/h1-39H. The summed E-state index contributed by atoms with van der Waals surface area (Å²) in [7, 11) is 0. The van der Waals surface area contributed by atoms with Gasteiger partial charge >= 0.3 is 0 Å². The molecule has 0 unspecified atom stereocenters. The topological polar surface area (TPSA) is 38.7 Å². The molecule has 10 aromatic carbocycles. The van der Waals surface area contributed by atoms with E-state index in [0.717, 1.165) is 77.9 Å². The van der Waals surface area contributed by atoms with Crippen molar-refractivity contribution in [2.75, 3.05) is 0 Å². The molecule has 0 saturated carbocycles. The molecule has 2 heterocycles. The maximum absolute atomic E-state index is 5.39. The van der Waals surface area contributed by atoms with Crippen LogP contribution in [0.5, 0.6) is 0 Å². The summed E-state index contributed by atoms with van der Waals surface area (Å²) in [6.45, 7) is 0. The van der Waals surface area contributed by atoms with E-state index < -0.39 is 0 Å². The molecule has 0 aliphatic carbocycles. The largest absolute Gasteiger partial charge is 0.247 e. The zero-order valence-electron chi connectivity index (χ0n) is 34.9. The van der Waals surface area contributed by atoms with Crippen molar-refractivity contribution in [1.82, 2.24) is 15.0 Å². The average molecular weight is 814 g/mol. The molecule has 12 rings (SSSR count). The molecule has 12 aromatic rings. The third-order valence-electron chi connectivity index (χ3n) is 12.5. The minimum absolute atomic E-state index is 0.679. The molecular weight excluding hydrogens is 775 g/mol. The zero-order valence-corrected chi connectivity index (χ0v) is 34.9. The van der Waals surface area contributed by atoms with Crippen molar-refractivity contribution < 1.29 is 0 Å². The van der Waals surface area contributed by atoms with Crippen molar-refractivity contribution in [1.29, 1.82) is 0 Å². The van der Waals surface area contributed by atoms with E-state index in [-0.39, 0.29) is 0 Å².